The minimum atomic E-state index is 0.589. The normalized spacial score (nSPS) is 21.8. The second kappa shape index (κ2) is 2.80. The van der Waals surface area contributed by atoms with Crippen LogP contribution in [0.4, 0.5) is 0 Å². The molecule has 1 aliphatic carbocycles. The molecule has 66 valence electrons. The Labute approximate surface area is 71.4 Å². The van der Waals surface area contributed by atoms with Crippen LogP contribution in [-0.4, -0.2) is 0 Å². The van der Waals surface area contributed by atoms with Gasteiger partial charge in [-0.25, -0.2) is 0 Å². The van der Waals surface area contributed by atoms with Crippen molar-refractivity contribution in [3.8, 4) is 0 Å². The van der Waals surface area contributed by atoms with E-state index in [-0.39, 0.29) is 0 Å². The smallest absolute Gasteiger partial charge is 0.0325 e. The summed E-state index contributed by atoms with van der Waals surface area (Å²) < 4.78 is 0. The van der Waals surface area contributed by atoms with Gasteiger partial charge in [0.15, 0.2) is 0 Å². The van der Waals surface area contributed by atoms with Gasteiger partial charge in [0, 0.05) is 0 Å². The van der Waals surface area contributed by atoms with E-state index in [2.05, 4.69) is 27.7 Å². The highest BCUT2D eigenvalue weighted by Crippen LogP contribution is 2.50. The third-order valence-electron chi connectivity index (χ3n) is 3.47. The van der Waals surface area contributed by atoms with Gasteiger partial charge < -0.3 is 0 Å². The third-order valence-corrected chi connectivity index (χ3v) is 3.47. The summed E-state index contributed by atoms with van der Waals surface area (Å²) in [5.74, 6) is 0. The Morgan fingerprint density at radius 2 is 1.82 bits per heavy atom. The zero-order chi connectivity index (χ0) is 8.54. The molecule has 1 rings (SSSR count). The van der Waals surface area contributed by atoms with Crippen LogP contribution < -0.4 is 0 Å². The van der Waals surface area contributed by atoms with Gasteiger partial charge in [-0.1, -0.05) is 34.1 Å². The second-order valence-corrected chi connectivity index (χ2v) is 5.33. The van der Waals surface area contributed by atoms with E-state index in [1.54, 1.807) is 0 Å². The first-order valence-corrected chi connectivity index (χ1v) is 4.97. The molecule has 0 heteroatoms. The molecule has 0 aromatic rings. The van der Waals surface area contributed by atoms with E-state index in [9.17, 15) is 0 Å². The summed E-state index contributed by atoms with van der Waals surface area (Å²) in [7, 11) is 0. The lowest BCUT2D eigenvalue weighted by molar-refractivity contribution is 0.282. The van der Waals surface area contributed by atoms with Crippen LogP contribution in [0.5, 0.6) is 0 Å². The lowest BCUT2D eigenvalue weighted by atomic mass is 9.82. The van der Waals surface area contributed by atoms with E-state index in [1.165, 1.54) is 32.1 Å². The maximum Gasteiger partial charge on any atom is -0.0325 e. The van der Waals surface area contributed by atoms with Crippen LogP contribution in [0, 0.1) is 10.8 Å². The molecular formula is C11H22. The summed E-state index contributed by atoms with van der Waals surface area (Å²) in [4.78, 5) is 0. The van der Waals surface area contributed by atoms with Gasteiger partial charge in [-0.05, 0) is 36.5 Å². The van der Waals surface area contributed by atoms with Gasteiger partial charge in [0.25, 0.3) is 0 Å². The average molecular weight is 154 g/mol. The summed E-state index contributed by atoms with van der Waals surface area (Å²) in [6.45, 7) is 9.51. The second-order valence-electron chi connectivity index (χ2n) is 5.33. The molecule has 0 heterocycles. The van der Waals surface area contributed by atoms with E-state index < -0.39 is 0 Å². The first-order chi connectivity index (χ1) is 4.97. The molecule has 0 radical (unpaired) electrons. The molecule has 0 amide bonds. The molecule has 0 nitrogen and oxygen atoms in total. The largest absolute Gasteiger partial charge is 0.0649 e. The molecule has 0 bridgehead atoms. The lowest BCUT2D eigenvalue weighted by Gasteiger charge is -2.24. The quantitative estimate of drug-likeness (QED) is 0.574. The molecule has 0 aromatic carbocycles. The van der Waals surface area contributed by atoms with Crippen molar-refractivity contribution >= 4 is 0 Å². The van der Waals surface area contributed by atoms with Gasteiger partial charge in [-0.2, -0.15) is 0 Å². The Bertz CT molecular complexity index is 129. The first kappa shape index (κ1) is 9.09. The SMILES string of the molecule is CCC(C)(C)CCC1(C)CC1. The highest BCUT2D eigenvalue weighted by Gasteiger charge is 2.37. The zero-order valence-corrected chi connectivity index (χ0v) is 8.54. The molecule has 0 unspecified atom stereocenters. The summed E-state index contributed by atoms with van der Waals surface area (Å²) in [5.41, 5.74) is 1.35. The molecule has 1 aliphatic rings. The highest BCUT2D eigenvalue weighted by atomic mass is 14.4. The van der Waals surface area contributed by atoms with Crippen molar-refractivity contribution in [3.05, 3.63) is 0 Å². The molecule has 0 spiro atoms. The Balaban J connectivity index is 2.20. The van der Waals surface area contributed by atoms with Crippen molar-refractivity contribution in [2.24, 2.45) is 10.8 Å². The topological polar surface area (TPSA) is 0 Å². The van der Waals surface area contributed by atoms with E-state index in [1.807, 2.05) is 0 Å². The highest BCUT2D eigenvalue weighted by molar-refractivity contribution is 4.89. The van der Waals surface area contributed by atoms with Gasteiger partial charge in [0.2, 0.25) is 0 Å². The van der Waals surface area contributed by atoms with Crippen LogP contribution in [-0.2, 0) is 0 Å². The number of rotatable bonds is 4. The van der Waals surface area contributed by atoms with Crippen molar-refractivity contribution in [2.75, 3.05) is 0 Å². The molecular weight excluding hydrogens is 132 g/mol. The van der Waals surface area contributed by atoms with Crippen LogP contribution in [0.3, 0.4) is 0 Å². The van der Waals surface area contributed by atoms with Crippen LogP contribution in [0.25, 0.3) is 0 Å². The fraction of sp³-hybridized carbons (Fsp3) is 1.00. The van der Waals surface area contributed by atoms with E-state index >= 15 is 0 Å². The van der Waals surface area contributed by atoms with Crippen LogP contribution in [0.1, 0.15) is 59.8 Å². The van der Waals surface area contributed by atoms with Gasteiger partial charge in [0.1, 0.15) is 0 Å². The fourth-order valence-electron chi connectivity index (χ4n) is 1.28. The summed E-state index contributed by atoms with van der Waals surface area (Å²) in [5, 5.41) is 0. The minimum absolute atomic E-state index is 0.589. The molecule has 1 saturated carbocycles. The Morgan fingerprint density at radius 3 is 2.18 bits per heavy atom. The molecule has 0 N–H and O–H groups in total. The molecule has 0 aliphatic heterocycles. The van der Waals surface area contributed by atoms with Gasteiger partial charge in [0.05, 0.1) is 0 Å². The Hall–Kier alpha value is 0. The van der Waals surface area contributed by atoms with E-state index in [0.29, 0.717) is 5.41 Å². The van der Waals surface area contributed by atoms with E-state index in [4.69, 9.17) is 0 Å². The van der Waals surface area contributed by atoms with Gasteiger partial charge in [-0.15, -0.1) is 0 Å². The Kier molecular flexibility index (Phi) is 2.32. The predicted octanol–water partition coefficient (Wildman–Crippen LogP) is 4.00. The Morgan fingerprint density at radius 1 is 1.27 bits per heavy atom. The van der Waals surface area contributed by atoms with Crippen molar-refractivity contribution in [1.82, 2.24) is 0 Å². The molecule has 11 heavy (non-hydrogen) atoms. The third kappa shape index (κ3) is 2.84. The minimum Gasteiger partial charge on any atom is -0.0649 e. The van der Waals surface area contributed by atoms with Crippen LogP contribution >= 0.6 is 0 Å². The molecule has 0 aromatic heterocycles. The summed E-state index contributed by atoms with van der Waals surface area (Å²) in [6, 6.07) is 0. The standard InChI is InChI=1S/C11H22/c1-5-10(2,3)6-7-11(4)8-9-11/h5-9H2,1-4H3. The average Bonchev–Trinajstić information content (AvgIpc) is 2.66. The summed E-state index contributed by atoms with van der Waals surface area (Å²) >= 11 is 0. The summed E-state index contributed by atoms with van der Waals surface area (Å²) in [6.07, 6.45) is 7.15. The van der Waals surface area contributed by atoms with E-state index in [0.717, 1.165) is 5.41 Å². The van der Waals surface area contributed by atoms with Crippen molar-refractivity contribution in [1.29, 1.82) is 0 Å². The number of hydrogen-bond acceptors (Lipinski definition) is 0. The zero-order valence-electron chi connectivity index (χ0n) is 8.54. The first-order valence-electron chi connectivity index (χ1n) is 4.97. The molecule has 0 saturated heterocycles. The van der Waals surface area contributed by atoms with Gasteiger partial charge in [-0.3, -0.25) is 0 Å². The number of hydrogen-bond donors (Lipinski definition) is 0. The molecule has 1 fully saturated rings. The van der Waals surface area contributed by atoms with Crippen molar-refractivity contribution in [3.63, 3.8) is 0 Å². The van der Waals surface area contributed by atoms with Crippen LogP contribution in [0.15, 0.2) is 0 Å². The maximum atomic E-state index is 2.43. The van der Waals surface area contributed by atoms with Crippen molar-refractivity contribution in [2.45, 2.75) is 59.8 Å². The lowest BCUT2D eigenvalue weighted by Crippen LogP contribution is -2.11. The predicted molar refractivity (Wildman–Crippen MR) is 50.6 cm³/mol. The van der Waals surface area contributed by atoms with Crippen molar-refractivity contribution < 1.29 is 0 Å². The fourth-order valence-corrected chi connectivity index (χ4v) is 1.28. The monoisotopic (exact) mass is 154 g/mol. The molecule has 0 atom stereocenters. The maximum absolute atomic E-state index is 2.43. The van der Waals surface area contributed by atoms with Crippen LogP contribution in [0.2, 0.25) is 0 Å². The van der Waals surface area contributed by atoms with Gasteiger partial charge >= 0.3 is 0 Å².